The van der Waals surface area contributed by atoms with E-state index in [1.807, 2.05) is 0 Å². The first kappa shape index (κ1) is 45.8. The molecule has 0 fully saturated rings. The lowest BCUT2D eigenvalue weighted by molar-refractivity contribution is -0.132. The number of rotatable bonds is 36. The molecule has 6 heteroatoms. The molecule has 0 aliphatic rings. The normalized spacial score (nSPS) is 14.6. The molecule has 0 aliphatic carbocycles. The van der Waals surface area contributed by atoms with E-state index in [9.17, 15) is 25.2 Å². The molecule has 5 N–H and O–H groups in total. The van der Waals surface area contributed by atoms with E-state index in [1.165, 1.54) is 122 Å². The van der Waals surface area contributed by atoms with Gasteiger partial charge in [-0.1, -0.05) is 167 Å². The molecule has 0 rings (SSSR count). The Bertz CT molecular complexity index is 712. The Morgan fingerprint density at radius 1 is 0.511 bits per heavy atom. The Kier molecular flexibility index (Phi) is 35.2. The van der Waals surface area contributed by atoms with Crippen molar-refractivity contribution in [3.05, 3.63) is 24.3 Å². The van der Waals surface area contributed by atoms with Crippen molar-refractivity contribution >= 4 is 5.91 Å². The van der Waals surface area contributed by atoms with Gasteiger partial charge in [0.1, 0.15) is 12.2 Å². The van der Waals surface area contributed by atoms with Crippen molar-refractivity contribution in [3.63, 3.8) is 0 Å². The number of allylic oxidation sites excluding steroid dienone is 4. The van der Waals surface area contributed by atoms with Crippen molar-refractivity contribution in [2.45, 2.75) is 224 Å². The smallest absolute Gasteiger partial charge is 0.249 e. The molecule has 6 nitrogen and oxygen atoms in total. The van der Waals surface area contributed by atoms with E-state index in [4.69, 9.17) is 0 Å². The summed E-state index contributed by atoms with van der Waals surface area (Å²) in [5.74, 6) is -0.609. The van der Waals surface area contributed by atoms with Crippen LogP contribution in [0.4, 0.5) is 0 Å². The van der Waals surface area contributed by atoms with Crippen molar-refractivity contribution in [1.29, 1.82) is 0 Å². The summed E-state index contributed by atoms with van der Waals surface area (Å²) in [6.07, 6.45) is 39.4. The van der Waals surface area contributed by atoms with Crippen LogP contribution >= 0.6 is 0 Å². The topological polar surface area (TPSA) is 110 Å². The summed E-state index contributed by atoms with van der Waals surface area (Å²) >= 11 is 0. The third-order valence-corrected chi connectivity index (χ3v) is 9.38. The zero-order chi connectivity index (χ0) is 34.6. The number of hydrogen-bond donors (Lipinski definition) is 5. The predicted octanol–water partition coefficient (Wildman–Crippen LogP) is 10.0. The van der Waals surface area contributed by atoms with Gasteiger partial charge in [0.05, 0.1) is 18.8 Å². The third kappa shape index (κ3) is 30.6. The van der Waals surface area contributed by atoms with Gasteiger partial charge in [-0.15, -0.1) is 0 Å². The summed E-state index contributed by atoms with van der Waals surface area (Å²) in [5, 5.41) is 43.4. The van der Waals surface area contributed by atoms with Crippen LogP contribution < -0.4 is 5.32 Å². The molecule has 0 heterocycles. The SMILES string of the molecule is CCCC/C=C\CCCCCC(O)C(=O)NC(CO)C(O)C(O)CCC/C=C/CCCCCCCCCCCCCCCCCCC. The van der Waals surface area contributed by atoms with E-state index < -0.39 is 36.9 Å². The molecule has 278 valence electrons. The highest BCUT2D eigenvalue weighted by molar-refractivity contribution is 5.80. The number of unbranched alkanes of at least 4 members (excludes halogenated alkanes) is 23. The summed E-state index contributed by atoms with van der Waals surface area (Å²) in [5.41, 5.74) is 0. The molecule has 4 unspecified atom stereocenters. The number of aliphatic hydroxyl groups excluding tert-OH is 4. The lowest BCUT2D eigenvalue weighted by Gasteiger charge is -2.27. The Morgan fingerprint density at radius 2 is 0.894 bits per heavy atom. The number of amides is 1. The van der Waals surface area contributed by atoms with E-state index in [1.54, 1.807) is 0 Å². The maximum Gasteiger partial charge on any atom is 0.249 e. The minimum Gasteiger partial charge on any atom is -0.394 e. The van der Waals surface area contributed by atoms with E-state index in [2.05, 4.69) is 43.5 Å². The van der Waals surface area contributed by atoms with Crippen molar-refractivity contribution in [2.75, 3.05) is 6.61 Å². The van der Waals surface area contributed by atoms with Gasteiger partial charge in [-0.3, -0.25) is 4.79 Å². The van der Waals surface area contributed by atoms with Crippen LogP contribution in [-0.4, -0.2) is 57.3 Å². The molecule has 0 aliphatic heterocycles. The first-order valence-electron chi connectivity index (χ1n) is 20.2. The summed E-state index contributed by atoms with van der Waals surface area (Å²) < 4.78 is 0. The van der Waals surface area contributed by atoms with Crippen LogP contribution in [0.15, 0.2) is 24.3 Å². The number of hydrogen-bond acceptors (Lipinski definition) is 5. The van der Waals surface area contributed by atoms with Gasteiger partial charge in [0, 0.05) is 0 Å². The second-order valence-corrected chi connectivity index (χ2v) is 14.0. The van der Waals surface area contributed by atoms with Crippen molar-refractivity contribution in [3.8, 4) is 0 Å². The largest absolute Gasteiger partial charge is 0.394 e. The van der Waals surface area contributed by atoms with E-state index in [0.717, 1.165) is 51.4 Å². The van der Waals surface area contributed by atoms with Gasteiger partial charge in [-0.25, -0.2) is 0 Å². The quantitative estimate of drug-likeness (QED) is 0.0338. The highest BCUT2D eigenvalue weighted by atomic mass is 16.3. The molecule has 4 atom stereocenters. The molecule has 0 saturated heterocycles. The van der Waals surface area contributed by atoms with Crippen molar-refractivity contribution < 1.29 is 25.2 Å². The molecule has 0 aromatic carbocycles. The van der Waals surface area contributed by atoms with Crippen LogP contribution in [0.3, 0.4) is 0 Å². The van der Waals surface area contributed by atoms with E-state index in [-0.39, 0.29) is 0 Å². The summed E-state index contributed by atoms with van der Waals surface area (Å²) in [6.45, 7) is 3.97. The van der Waals surface area contributed by atoms with E-state index in [0.29, 0.717) is 12.8 Å². The Balaban J connectivity index is 3.74. The number of nitrogens with one attached hydrogen (secondary N) is 1. The molecule has 0 bridgehead atoms. The second-order valence-electron chi connectivity index (χ2n) is 14.0. The molecule has 0 aromatic rings. The lowest BCUT2D eigenvalue weighted by Crippen LogP contribution is -2.53. The maximum absolute atomic E-state index is 12.4. The van der Waals surface area contributed by atoms with Crippen LogP contribution in [0.2, 0.25) is 0 Å². The van der Waals surface area contributed by atoms with Gasteiger partial charge >= 0.3 is 0 Å². The predicted molar refractivity (Wildman–Crippen MR) is 201 cm³/mol. The number of carbonyl (C=O) groups is 1. The third-order valence-electron chi connectivity index (χ3n) is 9.38. The molecule has 0 saturated carbocycles. The van der Waals surface area contributed by atoms with Gasteiger partial charge in [0.15, 0.2) is 0 Å². The van der Waals surface area contributed by atoms with Crippen molar-refractivity contribution in [1.82, 2.24) is 5.32 Å². The lowest BCUT2D eigenvalue weighted by atomic mass is 10.00. The summed E-state index contributed by atoms with van der Waals surface area (Å²) in [4.78, 5) is 12.4. The first-order chi connectivity index (χ1) is 23.0. The van der Waals surface area contributed by atoms with Gasteiger partial charge in [0.25, 0.3) is 0 Å². The fourth-order valence-corrected chi connectivity index (χ4v) is 6.09. The van der Waals surface area contributed by atoms with Gasteiger partial charge < -0.3 is 25.7 Å². The molecule has 1 amide bonds. The molecule has 47 heavy (non-hydrogen) atoms. The van der Waals surface area contributed by atoms with E-state index >= 15 is 0 Å². The molecule has 0 aromatic heterocycles. The Hall–Kier alpha value is -1.21. The van der Waals surface area contributed by atoms with Crippen LogP contribution in [0.5, 0.6) is 0 Å². The van der Waals surface area contributed by atoms with Crippen LogP contribution in [0, 0.1) is 0 Å². The zero-order valence-corrected chi connectivity index (χ0v) is 31.0. The average Bonchev–Trinajstić information content (AvgIpc) is 3.07. The minimum atomic E-state index is -1.28. The number of carbonyl (C=O) groups excluding carboxylic acids is 1. The molecule has 0 radical (unpaired) electrons. The summed E-state index contributed by atoms with van der Waals surface area (Å²) in [6, 6.07) is -1.00. The highest BCUT2D eigenvalue weighted by Crippen LogP contribution is 2.15. The molecular weight excluding hydrogens is 586 g/mol. The van der Waals surface area contributed by atoms with Crippen LogP contribution in [0.25, 0.3) is 0 Å². The number of aliphatic hydroxyl groups is 4. The van der Waals surface area contributed by atoms with Gasteiger partial charge in [-0.2, -0.15) is 0 Å². The Morgan fingerprint density at radius 3 is 1.34 bits per heavy atom. The maximum atomic E-state index is 12.4. The molecule has 0 spiro atoms. The summed E-state index contributed by atoms with van der Waals surface area (Å²) in [7, 11) is 0. The van der Waals surface area contributed by atoms with Gasteiger partial charge in [0.2, 0.25) is 5.91 Å². The van der Waals surface area contributed by atoms with Crippen LogP contribution in [0.1, 0.15) is 200 Å². The first-order valence-corrected chi connectivity index (χ1v) is 20.2. The fourth-order valence-electron chi connectivity index (χ4n) is 6.09. The average molecular weight is 666 g/mol. The minimum absolute atomic E-state index is 0.341. The molecular formula is C41H79NO5. The monoisotopic (exact) mass is 666 g/mol. The van der Waals surface area contributed by atoms with Crippen LogP contribution in [-0.2, 0) is 4.79 Å². The van der Waals surface area contributed by atoms with Gasteiger partial charge in [-0.05, 0) is 57.8 Å². The second kappa shape index (κ2) is 36.1. The highest BCUT2D eigenvalue weighted by Gasteiger charge is 2.28. The fraction of sp³-hybridized carbons (Fsp3) is 0.878. The van der Waals surface area contributed by atoms with Crippen molar-refractivity contribution in [2.24, 2.45) is 0 Å². The standard InChI is InChI=1S/C41H79NO5/c1-3-5-7-9-11-13-14-15-16-17-18-19-20-21-22-23-24-25-27-28-30-32-34-38(44)40(46)37(36-43)42-41(47)39(45)35-33-31-29-26-12-10-8-6-4-2/h10,12,27-28,37-40,43-46H,3-9,11,13-26,29-36H2,1-2H3,(H,42,47)/b12-10-,28-27+. The Labute approximate surface area is 291 Å². The zero-order valence-electron chi connectivity index (χ0n) is 31.0.